The first-order valence-corrected chi connectivity index (χ1v) is 23.6. The molecule has 1 radical (unpaired) electrons. The van der Waals surface area contributed by atoms with Gasteiger partial charge in [0.2, 0.25) is 7.28 Å². The van der Waals surface area contributed by atoms with Gasteiger partial charge in [-0.15, -0.1) is 11.3 Å². The van der Waals surface area contributed by atoms with Crippen molar-refractivity contribution < 1.29 is 6.85 Å². The van der Waals surface area contributed by atoms with E-state index in [1.54, 1.807) is 6.08 Å². The lowest BCUT2D eigenvalue weighted by Gasteiger charge is -2.42. The van der Waals surface area contributed by atoms with Gasteiger partial charge >= 0.3 is 0 Å². The molecule has 0 bridgehead atoms. The second kappa shape index (κ2) is 22.7. The molecule has 1 atom stereocenters. The Bertz CT molecular complexity index is 2490. The van der Waals surface area contributed by atoms with Crippen LogP contribution in [-0.4, -0.2) is 18.7 Å². The summed E-state index contributed by atoms with van der Waals surface area (Å²) in [5.41, 5.74) is 10.3. The standard InChI is InChI=1S/C58H78BN2S/c1-16-22-24-25-26-31-48(33-32-44(8)56(9,10)11)60-38-34-47(28-18-3)61(37-27-30-46(21-6)43(7)29-23-17-2)54-50-40-51-52(58(14,15)36-35-57(51,12)13)41-53(50)62-55(54)59-42-49(60)39-45(19-4)20-5/h16,18-19,21-22,24-28,30,32-34,38-43H,1,3-4,17,20,23,29,31,35-37H2,2,5-15H3/b24-22-,26-25+,30-27-,38-34+,44-32+,45-39+,46-21+,47-28+,48-33+,49-42-/i1D,16D,22D,24D,25D/b16-1?,24-22-,26-25+,30-27-,38-34+,44-32+,45-39+,46-21+,47-28+,48-33+,49-42-. The number of unbranched alkanes of at least 4 members (excludes halogenated alkanes) is 1. The van der Waals surface area contributed by atoms with E-state index in [1.165, 1.54) is 45.2 Å². The summed E-state index contributed by atoms with van der Waals surface area (Å²) < 4.78 is 43.6. The van der Waals surface area contributed by atoms with E-state index in [4.69, 9.17) is 6.85 Å². The summed E-state index contributed by atoms with van der Waals surface area (Å²) in [6.07, 6.45) is 31.8. The monoisotopic (exact) mass is 851 g/mol. The Kier molecular flexibility index (Phi) is 15.7. The van der Waals surface area contributed by atoms with Gasteiger partial charge in [-0.3, -0.25) is 0 Å². The molecule has 1 aromatic carbocycles. The molecule has 1 aromatic heterocycles. The highest BCUT2D eigenvalue weighted by Crippen LogP contribution is 2.49. The predicted octanol–water partition coefficient (Wildman–Crippen LogP) is 16.5. The molecule has 2 nitrogen and oxygen atoms in total. The van der Waals surface area contributed by atoms with Gasteiger partial charge < -0.3 is 9.80 Å². The third-order valence-corrected chi connectivity index (χ3v) is 13.8. The number of fused-ring (bicyclic) bond motifs is 4. The van der Waals surface area contributed by atoms with Gasteiger partial charge in [-0.1, -0.05) is 180 Å². The molecule has 329 valence electrons. The average molecular weight is 851 g/mol. The van der Waals surface area contributed by atoms with Gasteiger partial charge in [0.25, 0.3) is 0 Å². The van der Waals surface area contributed by atoms with Crippen molar-refractivity contribution in [2.24, 2.45) is 11.3 Å². The Morgan fingerprint density at radius 1 is 1.03 bits per heavy atom. The Morgan fingerprint density at radius 2 is 1.76 bits per heavy atom. The van der Waals surface area contributed by atoms with Crippen LogP contribution in [-0.2, 0) is 10.8 Å². The van der Waals surface area contributed by atoms with Gasteiger partial charge in [0.15, 0.2) is 0 Å². The molecule has 4 rings (SSSR count). The van der Waals surface area contributed by atoms with Gasteiger partial charge in [-0.05, 0) is 125 Å². The summed E-state index contributed by atoms with van der Waals surface area (Å²) in [5, 5.41) is 1.24. The van der Waals surface area contributed by atoms with Crippen molar-refractivity contribution in [1.29, 1.82) is 0 Å². The molecule has 1 unspecified atom stereocenters. The van der Waals surface area contributed by atoms with Gasteiger partial charge in [0.1, 0.15) is 0 Å². The minimum Gasteiger partial charge on any atom is -0.337 e. The number of hydrogen-bond donors (Lipinski definition) is 0. The fourth-order valence-electron chi connectivity index (χ4n) is 8.10. The molecular weight excluding hydrogens is 768 g/mol. The zero-order valence-corrected chi connectivity index (χ0v) is 41.1. The summed E-state index contributed by atoms with van der Waals surface area (Å²) in [6, 6.07) is 3.52. The molecular formula is C58H78BN2S. The van der Waals surface area contributed by atoms with Gasteiger partial charge in [-0.2, -0.15) is 0 Å². The molecule has 0 fully saturated rings. The lowest BCUT2D eigenvalue weighted by atomic mass is 9.63. The fraction of sp³-hybridized carbons (Fsp3) is 0.414. The van der Waals surface area contributed by atoms with Crippen molar-refractivity contribution in [1.82, 2.24) is 4.90 Å². The van der Waals surface area contributed by atoms with Crippen LogP contribution in [0.1, 0.15) is 146 Å². The SMILES string of the molecule is [2H]C=C([2H])/C([2H])=C([2H])\C([2H])=C\C/C(=C\C=C(/C)C(C)(C)C)N1/C=C/C(=C\C=C)N(C/C=C\C(=C/C)C(C)CCCC)c2c(sc3cc4c(cc23)C(C)(C)CCC4(C)C)[B]/C=C1/C=C(\C=C)CC. The molecule has 0 saturated carbocycles. The van der Waals surface area contributed by atoms with E-state index in [9.17, 15) is 0 Å². The number of allylic oxidation sites excluding steroid dienone is 17. The number of benzene rings is 1. The van der Waals surface area contributed by atoms with Crippen LogP contribution in [0.2, 0.25) is 0 Å². The average Bonchev–Trinajstić information content (AvgIpc) is 3.65. The first kappa shape index (κ1) is 42.8. The Balaban J connectivity index is 2.14. The molecule has 1 aliphatic heterocycles. The van der Waals surface area contributed by atoms with Crippen molar-refractivity contribution in [3.8, 4) is 0 Å². The first-order chi connectivity index (χ1) is 31.6. The second-order valence-corrected chi connectivity index (χ2v) is 20.2. The molecule has 0 amide bonds. The normalized spacial score (nSPS) is 22.3. The van der Waals surface area contributed by atoms with E-state index in [2.05, 4.69) is 186 Å². The maximum Gasteiger partial charge on any atom is 0.200 e. The highest BCUT2D eigenvalue weighted by atomic mass is 32.1. The van der Waals surface area contributed by atoms with E-state index in [1.807, 2.05) is 23.5 Å². The smallest absolute Gasteiger partial charge is 0.200 e. The second-order valence-electron chi connectivity index (χ2n) is 19.1. The van der Waals surface area contributed by atoms with Crippen molar-refractivity contribution >= 4 is 39.2 Å². The maximum absolute atomic E-state index is 8.85. The quantitative estimate of drug-likeness (QED) is 0.116. The van der Waals surface area contributed by atoms with Crippen molar-refractivity contribution in [3.05, 3.63) is 180 Å². The summed E-state index contributed by atoms with van der Waals surface area (Å²) in [7, 11) is 2.26. The highest BCUT2D eigenvalue weighted by Gasteiger charge is 2.38. The van der Waals surface area contributed by atoms with E-state index in [-0.39, 0.29) is 28.7 Å². The van der Waals surface area contributed by atoms with E-state index < -0.39 is 18.2 Å². The lowest BCUT2D eigenvalue weighted by Crippen LogP contribution is -2.33. The molecule has 0 saturated heterocycles. The Morgan fingerprint density at radius 3 is 2.39 bits per heavy atom. The van der Waals surface area contributed by atoms with Gasteiger partial charge in [0.05, 0.1) is 12.5 Å². The zero-order valence-electron chi connectivity index (χ0n) is 45.3. The molecule has 0 N–H and O–H groups in total. The van der Waals surface area contributed by atoms with E-state index >= 15 is 0 Å². The van der Waals surface area contributed by atoms with Crippen molar-refractivity contribution in [2.45, 2.75) is 139 Å². The van der Waals surface area contributed by atoms with Crippen LogP contribution in [0.3, 0.4) is 0 Å². The third kappa shape index (κ3) is 12.8. The molecule has 2 aliphatic rings. The fourth-order valence-corrected chi connectivity index (χ4v) is 9.23. The Hall–Kier alpha value is -4.54. The van der Waals surface area contributed by atoms with Gasteiger partial charge in [0, 0.05) is 46.3 Å². The number of nitrogens with zero attached hydrogens (tertiary/aromatic N) is 2. The first-order valence-electron chi connectivity index (χ1n) is 25.3. The molecule has 1 aliphatic carbocycles. The van der Waals surface area contributed by atoms with Crippen LogP contribution in [0.5, 0.6) is 0 Å². The van der Waals surface area contributed by atoms with Crippen LogP contribution in [0.25, 0.3) is 10.1 Å². The number of rotatable bonds is 17. The van der Waals surface area contributed by atoms with Crippen molar-refractivity contribution in [2.75, 3.05) is 11.4 Å². The van der Waals surface area contributed by atoms with Gasteiger partial charge in [-0.25, -0.2) is 0 Å². The summed E-state index contributed by atoms with van der Waals surface area (Å²) in [6.45, 7) is 36.9. The maximum atomic E-state index is 8.85. The largest absolute Gasteiger partial charge is 0.337 e. The zero-order chi connectivity index (χ0) is 49.9. The predicted molar refractivity (Wildman–Crippen MR) is 282 cm³/mol. The van der Waals surface area contributed by atoms with E-state index in [0.29, 0.717) is 12.5 Å². The molecule has 0 spiro atoms. The number of hydrogen-bond acceptors (Lipinski definition) is 3. The van der Waals surface area contributed by atoms with Crippen LogP contribution in [0.4, 0.5) is 5.69 Å². The van der Waals surface area contributed by atoms with Crippen LogP contribution >= 0.6 is 11.3 Å². The molecule has 2 heterocycles. The number of anilines is 1. The minimum atomic E-state index is -0.460. The summed E-state index contributed by atoms with van der Waals surface area (Å²) in [5.74, 6) is 2.65. The molecule has 62 heavy (non-hydrogen) atoms. The number of thiophene rings is 1. The molecule has 4 heteroatoms. The van der Waals surface area contributed by atoms with Crippen LogP contribution in [0.15, 0.2) is 169 Å². The highest BCUT2D eigenvalue weighted by molar-refractivity contribution is 7.28. The van der Waals surface area contributed by atoms with E-state index in [0.717, 1.165) is 65.4 Å². The third-order valence-electron chi connectivity index (χ3n) is 12.7. The minimum absolute atomic E-state index is 0.0313. The molecule has 2 aromatic rings. The lowest BCUT2D eigenvalue weighted by molar-refractivity contribution is 0.332. The van der Waals surface area contributed by atoms with Crippen molar-refractivity contribution in [3.63, 3.8) is 0 Å². The topological polar surface area (TPSA) is 6.48 Å². The summed E-state index contributed by atoms with van der Waals surface area (Å²) >= 11 is 1.83. The summed E-state index contributed by atoms with van der Waals surface area (Å²) in [4.78, 5) is 4.59. The Labute approximate surface area is 391 Å². The van der Waals surface area contributed by atoms with Crippen LogP contribution < -0.4 is 9.68 Å². The van der Waals surface area contributed by atoms with Crippen LogP contribution in [0, 0.1) is 11.3 Å².